The average molecular weight is 231 g/mol. The van der Waals surface area contributed by atoms with Crippen LogP contribution in [-0.2, 0) is 0 Å². The number of ether oxygens (including phenoxy) is 1. The van der Waals surface area contributed by atoms with Crippen LogP contribution in [0.1, 0.15) is 25.7 Å². The van der Waals surface area contributed by atoms with Crippen molar-refractivity contribution < 1.29 is 9.53 Å². The molecule has 1 aromatic rings. The third-order valence-corrected chi connectivity index (χ3v) is 4.00. The number of rotatable bonds is 2. The fourth-order valence-corrected chi connectivity index (χ4v) is 3.20. The number of benzene rings is 1. The first-order chi connectivity index (χ1) is 8.31. The van der Waals surface area contributed by atoms with E-state index < -0.39 is 0 Å². The lowest BCUT2D eigenvalue weighted by molar-refractivity contribution is 0.190. The van der Waals surface area contributed by atoms with Crippen LogP contribution in [-0.4, -0.2) is 12.1 Å². The van der Waals surface area contributed by atoms with Crippen molar-refractivity contribution in [3.05, 3.63) is 30.3 Å². The molecule has 0 aromatic heterocycles. The van der Waals surface area contributed by atoms with Crippen molar-refractivity contribution in [3.63, 3.8) is 0 Å². The Morgan fingerprint density at radius 2 is 2.00 bits per heavy atom. The zero-order valence-electron chi connectivity index (χ0n) is 9.76. The molecular weight excluding hydrogens is 214 g/mol. The maximum absolute atomic E-state index is 11.7. The van der Waals surface area contributed by atoms with Gasteiger partial charge in [0.25, 0.3) is 0 Å². The molecule has 2 unspecified atom stereocenters. The molecule has 3 atom stereocenters. The summed E-state index contributed by atoms with van der Waals surface area (Å²) in [7, 11) is 0. The van der Waals surface area contributed by atoms with Gasteiger partial charge < -0.3 is 10.1 Å². The first-order valence-corrected chi connectivity index (χ1v) is 6.34. The SMILES string of the molecule is O=C(N[C@H]1CC2CCC1C2)Oc1ccccc1. The van der Waals surface area contributed by atoms with E-state index in [9.17, 15) is 4.79 Å². The maximum Gasteiger partial charge on any atom is 0.412 e. The Bertz CT molecular complexity index is 404. The Balaban J connectivity index is 1.54. The Labute approximate surface area is 101 Å². The number of carbonyl (C=O) groups excluding carboxylic acids is 1. The Morgan fingerprint density at radius 1 is 1.18 bits per heavy atom. The maximum atomic E-state index is 11.7. The van der Waals surface area contributed by atoms with Crippen LogP contribution >= 0.6 is 0 Å². The van der Waals surface area contributed by atoms with E-state index in [0.29, 0.717) is 17.7 Å². The zero-order valence-corrected chi connectivity index (χ0v) is 9.76. The van der Waals surface area contributed by atoms with Crippen LogP contribution in [0.2, 0.25) is 0 Å². The summed E-state index contributed by atoms with van der Waals surface area (Å²) < 4.78 is 5.23. The van der Waals surface area contributed by atoms with Crippen molar-refractivity contribution in [1.29, 1.82) is 0 Å². The van der Waals surface area contributed by atoms with Crippen molar-refractivity contribution in [1.82, 2.24) is 5.32 Å². The van der Waals surface area contributed by atoms with Crippen LogP contribution in [0.4, 0.5) is 4.79 Å². The fourth-order valence-electron chi connectivity index (χ4n) is 3.20. The molecule has 90 valence electrons. The number of nitrogens with one attached hydrogen (secondary N) is 1. The van der Waals surface area contributed by atoms with E-state index in [1.165, 1.54) is 19.3 Å². The molecule has 1 N–H and O–H groups in total. The predicted molar refractivity (Wildman–Crippen MR) is 64.8 cm³/mol. The highest BCUT2D eigenvalue weighted by molar-refractivity contribution is 5.70. The summed E-state index contributed by atoms with van der Waals surface area (Å²) in [4.78, 5) is 11.7. The Morgan fingerprint density at radius 3 is 2.65 bits per heavy atom. The van der Waals surface area contributed by atoms with Gasteiger partial charge in [-0.1, -0.05) is 24.6 Å². The highest BCUT2D eigenvalue weighted by Crippen LogP contribution is 2.44. The molecule has 17 heavy (non-hydrogen) atoms. The molecule has 2 aliphatic rings. The predicted octanol–water partition coefficient (Wildman–Crippen LogP) is 2.96. The van der Waals surface area contributed by atoms with Crippen LogP contribution in [0.25, 0.3) is 0 Å². The summed E-state index contributed by atoms with van der Waals surface area (Å²) >= 11 is 0. The minimum atomic E-state index is -0.311. The smallest absolute Gasteiger partial charge is 0.410 e. The lowest BCUT2D eigenvalue weighted by atomic mass is 9.96. The number of para-hydroxylation sites is 1. The number of hydrogen-bond acceptors (Lipinski definition) is 2. The van der Waals surface area contributed by atoms with Crippen LogP contribution in [0.3, 0.4) is 0 Å². The molecule has 2 aliphatic carbocycles. The molecule has 2 saturated carbocycles. The third kappa shape index (κ3) is 2.28. The second kappa shape index (κ2) is 4.40. The minimum absolute atomic E-state index is 0.311. The lowest BCUT2D eigenvalue weighted by Gasteiger charge is -2.22. The van der Waals surface area contributed by atoms with Gasteiger partial charge in [-0.3, -0.25) is 0 Å². The summed E-state index contributed by atoms with van der Waals surface area (Å²) in [6, 6.07) is 9.55. The first-order valence-electron chi connectivity index (χ1n) is 6.34. The highest BCUT2D eigenvalue weighted by Gasteiger charge is 2.40. The number of carbonyl (C=O) groups is 1. The minimum Gasteiger partial charge on any atom is -0.410 e. The molecule has 3 nitrogen and oxygen atoms in total. The van der Waals surface area contributed by atoms with Gasteiger partial charge in [0.2, 0.25) is 0 Å². The van der Waals surface area contributed by atoms with Crippen molar-refractivity contribution in [2.45, 2.75) is 31.7 Å². The molecule has 3 heteroatoms. The number of fused-ring (bicyclic) bond motifs is 2. The van der Waals surface area contributed by atoms with Crippen molar-refractivity contribution in [2.75, 3.05) is 0 Å². The van der Waals surface area contributed by atoms with Gasteiger partial charge in [0, 0.05) is 6.04 Å². The van der Waals surface area contributed by atoms with Gasteiger partial charge in [-0.15, -0.1) is 0 Å². The Hall–Kier alpha value is -1.51. The molecule has 0 heterocycles. The standard InChI is InChI=1S/C14H17NO2/c16-14(17-12-4-2-1-3-5-12)15-13-9-10-6-7-11(13)8-10/h1-5,10-11,13H,6-9H2,(H,15,16)/t10?,11?,13-/m0/s1. The summed E-state index contributed by atoms with van der Waals surface area (Å²) in [5.41, 5.74) is 0. The van der Waals surface area contributed by atoms with E-state index in [0.717, 1.165) is 12.3 Å². The van der Waals surface area contributed by atoms with Gasteiger partial charge in [0.15, 0.2) is 0 Å². The lowest BCUT2D eigenvalue weighted by Crippen LogP contribution is -2.40. The second-order valence-corrected chi connectivity index (χ2v) is 5.13. The molecular formula is C14H17NO2. The van der Waals surface area contributed by atoms with Crippen molar-refractivity contribution >= 4 is 6.09 Å². The van der Waals surface area contributed by atoms with Gasteiger partial charge >= 0.3 is 6.09 Å². The topological polar surface area (TPSA) is 38.3 Å². The third-order valence-electron chi connectivity index (χ3n) is 4.00. The summed E-state index contributed by atoms with van der Waals surface area (Å²) in [5, 5.41) is 3.00. The van der Waals surface area contributed by atoms with E-state index in [2.05, 4.69) is 5.32 Å². The zero-order chi connectivity index (χ0) is 11.7. The first kappa shape index (κ1) is 10.6. The molecule has 2 fully saturated rings. The fraction of sp³-hybridized carbons (Fsp3) is 0.500. The second-order valence-electron chi connectivity index (χ2n) is 5.13. The average Bonchev–Trinajstić information content (AvgIpc) is 2.92. The summed E-state index contributed by atoms with van der Waals surface area (Å²) in [6.07, 6.45) is 4.72. The quantitative estimate of drug-likeness (QED) is 0.849. The van der Waals surface area contributed by atoms with Crippen molar-refractivity contribution in [3.8, 4) is 5.75 Å². The Kier molecular flexibility index (Phi) is 2.75. The number of amides is 1. The van der Waals surface area contributed by atoms with Crippen molar-refractivity contribution in [2.24, 2.45) is 11.8 Å². The van der Waals surface area contributed by atoms with E-state index >= 15 is 0 Å². The highest BCUT2D eigenvalue weighted by atomic mass is 16.6. The molecule has 0 radical (unpaired) electrons. The van der Waals surface area contributed by atoms with Gasteiger partial charge in [0.05, 0.1) is 0 Å². The van der Waals surface area contributed by atoms with E-state index in [1.54, 1.807) is 12.1 Å². The van der Waals surface area contributed by atoms with E-state index in [4.69, 9.17) is 4.74 Å². The largest absolute Gasteiger partial charge is 0.412 e. The molecule has 3 rings (SSSR count). The van der Waals surface area contributed by atoms with Gasteiger partial charge in [-0.25, -0.2) is 4.79 Å². The summed E-state index contributed by atoms with van der Waals surface area (Å²) in [5.74, 6) is 2.12. The van der Waals surface area contributed by atoms with Crippen LogP contribution in [0, 0.1) is 11.8 Å². The van der Waals surface area contributed by atoms with Crippen LogP contribution < -0.4 is 10.1 Å². The van der Waals surface area contributed by atoms with Gasteiger partial charge in [-0.05, 0) is 43.2 Å². The summed E-state index contributed by atoms with van der Waals surface area (Å²) in [6.45, 7) is 0. The molecule has 1 amide bonds. The van der Waals surface area contributed by atoms with Crippen LogP contribution in [0.5, 0.6) is 5.75 Å². The van der Waals surface area contributed by atoms with E-state index in [-0.39, 0.29) is 6.09 Å². The number of hydrogen-bond donors (Lipinski definition) is 1. The molecule has 1 aromatic carbocycles. The van der Waals surface area contributed by atoms with Gasteiger partial charge in [0.1, 0.15) is 5.75 Å². The van der Waals surface area contributed by atoms with E-state index in [1.807, 2.05) is 18.2 Å². The molecule has 0 spiro atoms. The van der Waals surface area contributed by atoms with Crippen LogP contribution in [0.15, 0.2) is 30.3 Å². The monoisotopic (exact) mass is 231 g/mol. The molecule has 0 saturated heterocycles. The van der Waals surface area contributed by atoms with Gasteiger partial charge in [-0.2, -0.15) is 0 Å². The molecule has 2 bridgehead atoms. The normalized spacial score (nSPS) is 30.2. The molecule has 0 aliphatic heterocycles.